The highest BCUT2D eigenvalue weighted by molar-refractivity contribution is 7.99. The van der Waals surface area contributed by atoms with Crippen molar-refractivity contribution in [3.05, 3.63) is 0 Å². The molecular formula is C17H23NO9S. The van der Waals surface area contributed by atoms with Crippen molar-refractivity contribution in [2.45, 2.75) is 64.0 Å². The quantitative estimate of drug-likeness (QED) is 0.313. The molecule has 1 saturated heterocycles. The molecule has 0 aromatic heterocycles. The summed E-state index contributed by atoms with van der Waals surface area (Å²) in [7, 11) is 0. The number of hydrogen-bond donors (Lipinski definition) is 0. The summed E-state index contributed by atoms with van der Waals surface area (Å²) >= 11 is 1.17. The van der Waals surface area contributed by atoms with Crippen LogP contribution in [-0.4, -0.2) is 66.1 Å². The third-order valence-corrected chi connectivity index (χ3v) is 4.59. The van der Waals surface area contributed by atoms with Gasteiger partial charge in [-0.15, -0.1) is 11.8 Å². The van der Waals surface area contributed by atoms with Gasteiger partial charge in [0, 0.05) is 39.9 Å². The maximum atomic E-state index is 11.6. The maximum Gasteiger partial charge on any atom is 0.303 e. The van der Waals surface area contributed by atoms with Crippen molar-refractivity contribution in [3.63, 3.8) is 0 Å². The zero-order chi connectivity index (χ0) is 21.3. The van der Waals surface area contributed by atoms with Crippen LogP contribution in [0.1, 0.15) is 34.1 Å². The number of thioether (sulfide) groups is 1. The molecule has 0 N–H and O–H groups in total. The highest BCUT2D eigenvalue weighted by Crippen LogP contribution is 2.34. The Morgan fingerprint density at radius 2 is 1.43 bits per heavy atom. The Balaban J connectivity index is 3.23. The Kier molecular flexibility index (Phi) is 9.75. The molecular weight excluding hydrogens is 394 g/mol. The second kappa shape index (κ2) is 11.5. The largest absolute Gasteiger partial charge is 0.463 e. The van der Waals surface area contributed by atoms with Crippen LogP contribution in [0, 0.1) is 11.3 Å². The van der Waals surface area contributed by atoms with E-state index in [0.717, 1.165) is 13.8 Å². The van der Waals surface area contributed by atoms with Gasteiger partial charge in [0.1, 0.15) is 18.1 Å². The predicted molar refractivity (Wildman–Crippen MR) is 94.6 cm³/mol. The summed E-state index contributed by atoms with van der Waals surface area (Å²) in [5.41, 5.74) is -0.839. The molecule has 0 amide bonds. The van der Waals surface area contributed by atoms with Crippen LogP contribution in [0.15, 0.2) is 0 Å². The third kappa shape index (κ3) is 7.74. The van der Waals surface area contributed by atoms with Crippen LogP contribution in [0.4, 0.5) is 0 Å². The second-order valence-corrected chi connectivity index (χ2v) is 7.05. The lowest BCUT2D eigenvalue weighted by Crippen LogP contribution is -2.61. The molecule has 0 unspecified atom stereocenters. The van der Waals surface area contributed by atoms with Gasteiger partial charge in [-0.2, -0.15) is 5.26 Å². The minimum atomic E-state index is -1.18. The number of ether oxygens (including phenoxy) is 5. The highest BCUT2D eigenvalue weighted by atomic mass is 32.2. The van der Waals surface area contributed by atoms with E-state index in [1.807, 2.05) is 6.07 Å². The Hall–Kier alpha value is -2.32. The fourth-order valence-electron chi connectivity index (χ4n) is 2.54. The van der Waals surface area contributed by atoms with E-state index < -0.39 is 53.7 Å². The van der Waals surface area contributed by atoms with E-state index in [9.17, 15) is 19.2 Å². The first-order chi connectivity index (χ1) is 13.1. The molecule has 0 aromatic carbocycles. The lowest BCUT2D eigenvalue weighted by molar-refractivity contribution is -0.237. The summed E-state index contributed by atoms with van der Waals surface area (Å²) in [4.78, 5) is 46.0. The van der Waals surface area contributed by atoms with Crippen LogP contribution in [0.2, 0.25) is 0 Å². The number of nitriles is 1. The Morgan fingerprint density at radius 3 is 1.93 bits per heavy atom. The van der Waals surface area contributed by atoms with Crippen molar-refractivity contribution in [2.75, 3.05) is 12.4 Å². The van der Waals surface area contributed by atoms with Crippen molar-refractivity contribution >= 4 is 35.6 Å². The van der Waals surface area contributed by atoms with Gasteiger partial charge in [0.2, 0.25) is 0 Å². The zero-order valence-corrected chi connectivity index (χ0v) is 16.9. The van der Waals surface area contributed by atoms with Crippen molar-refractivity contribution in [1.29, 1.82) is 5.26 Å². The van der Waals surface area contributed by atoms with Gasteiger partial charge < -0.3 is 23.7 Å². The summed E-state index contributed by atoms with van der Waals surface area (Å²) in [6.45, 7) is 4.42. The van der Waals surface area contributed by atoms with Gasteiger partial charge >= 0.3 is 23.9 Å². The van der Waals surface area contributed by atoms with E-state index in [4.69, 9.17) is 28.9 Å². The van der Waals surface area contributed by atoms with Gasteiger partial charge in [-0.25, -0.2) is 0 Å². The number of hydrogen-bond acceptors (Lipinski definition) is 11. The first kappa shape index (κ1) is 23.7. The number of nitrogens with zero attached hydrogens (tertiary/aromatic N) is 1. The third-order valence-electron chi connectivity index (χ3n) is 3.44. The van der Waals surface area contributed by atoms with Gasteiger partial charge in [-0.3, -0.25) is 19.2 Å². The summed E-state index contributed by atoms with van der Waals surface area (Å²) in [6, 6.07) is 1.98. The number of carbonyl (C=O) groups is 4. The minimum absolute atomic E-state index is 0.206. The molecule has 0 radical (unpaired) electrons. The molecule has 1 aliphatic heterocycles. The maximum absolute atomic E-state index is 11.6. The summed E-state index contributed by atoms with van der Waals surface area (Å²) in [5.74, 6) is -2.25. The average molecular weight is 417 g/mol. The normalized spacial score (nSPS) is 26.5. The lowest BCUT2D eigenvalue weighted by atomic mass is 9.99. The van der Waals surface area contributed by atoms with Crippen molar-refractivity contribution in [2.24, 2.45) is 0 Å². The summed E-state index contributed by atoms with van der Waals surface area (Å²) in [6.07, 6.45) is -4.21. The zero-order valence-electron chi connectivity index (χ0n) is 16.0. The average Bonchev–Trinajstić information content (AvgIpc) is 2.57. The van der Waals surface area contributed by atoms with Crippen LogP contribution in [0.3, 0.4) is 0 Å². The standard InChI is InChI=1S/C17H23NO9S/c1-9(19)23-8-13-14(24-10(2)20)15(25-11(3)21)16(26-12(4)22)17(27-13)28-7-5-6-18/h13-17H,5,7-8H2,1-4H3/t13-,14+,15+,16-,17+/m1/s1. The molecule has 28 heavy (non-hydrogen) atoms. The van der Waals surface area contributed by atoms with E-state index >= 15 is 0 Å². The van der Waals surface area contributed by atoms with Crippen LogP contribution in [-0.2, 0) is 42.9 Å². The van der Waals surface area contributed by atoms with E-state index in [2.05, 4.69) is 0 Å². The Morgan fingerprint density at radius 1 is 0.893 bits per heavy atom. The lowest BCUT2D eigenvalue weighted by Gasteiger charge is -2.44. The van der Waals surface area contributed by atoms with Crippen molar-refractivity contribution in [1.82, 2.24) is 0 Å². The molecule has 0 aromatic rings. The smallest absolute Gasteiger partial charge is 0.303 e. The molecule has 10 nitrogen and oxygen atoms in total. The Bertz CT molecular complexity index is 633. The molecule has 0 saturated carbocycles. The van der Waals surface area contributed by atoms with Crippen LogP contribution in [0.5, 0.6) is 0 Å². The first-order valence-corrected chi connectivity index (χ1v) is 9.49. The molecule has 1 aliphatic rings. The minimum Gasteiger partial charge on any atom is -0.463 e. The fourth-order valence-corrected chi connectivity index (χ4v) is 3.61. The van der Waals surface area contributed by atoms with Crippen molar-refractivity contribution < 1.29 is 42.9 Å². The second-order valence-electron chi connectivity index (χ2n) is 5.85. The van der Waals surface area contributed by atoms with Gasteiger partial charge in [0.25, 0.3) is 0 Å². The van der Waals surface area contributed by atoms with Crippen LogP contribution >= 0.6 is 11.8 Å². The number of rotatable bonds is 8. The molecule has 156 valence electrons. The van der Waals surface area contributed by atoms with E-state index in [-0.39, 0.29) is 13.0 Å². The van der Waals surface area contributed by atoms with E-state index in [0.29, 0.717) is 5.75 Å². The molecule has 0 bridgehead atoms. The molecule has 1 heterocycles. The Labute approximate surface area is 166 Å². The monoisotopic (exact) mass is 417 g/mol. The molecule has 1 fully saturated rings. The van der Waals surface area contributed by atoms with Gasteiger partial charge in [-0.1, -0.05) is 0 Å². The van der Waals surface area contributed by atoms with Gasteiger partial charge in [0.05, 0.1) is 6.07 Å². The highest BCUT2D eigenvalue weighted by Gasteiger charge is 2.52. The molecule has 5 atom stereocenters. The SMILES string of the molecule is CC(=O)OC[C@H]1O[C@@H](SCCC#N)[C@H](OC(C)=O)[C@@H](OC(C)=O)[C@H]1OC(C)=O. The predicted octanol–water partition coefficient (Wildman–Crippen LogP) is 0.716. The molecule has 0 aliphatic carbocycles. The van der Waals surface area contributed by atoms with Crippen LogP contribution in [0.25, 0.3) is 0 Å². The van der Waals surface area contributed by atoms with E-state index in [1.54, 1.807) is 0 Å². The van der Waals surface area contributed by atoms with Crippen LogP contribution < -0.4 is 0 Å². The van der Waals surface area contributed by atoms with Gasteiger partial charge in [0.15, 0.2) is 18.3 Å². The molecule has 1 rings (SSSR count). The summed E-state index contributed by atoms with van der Waals surface area (Å²) < 4.78 is 26.7. The number of carbonyl (C=O) groups excluding carboxylic acids is 4. The number of esters is 4. The van der Waals surface area contributed by atoms with E-state index in [1.165, 1.54) is 25.6 Å². The molecule has 11 heteroatoms. The fraction of sp³-hybridized carbons (Fsp3) is 0.706. The summed E-state index contributed by atoms with van der Waals surface area (Å²) in [5, 5.41) is 8.74. The first-order valence-electron chi connectivity index (χ1n) is 8.44. The van der Waals surface area contributed by atoms with Gasteiger partial charge in [-0.05, 0) is 0 Å². The van der Waals surface area contributed by atoms with Crippen molar-refractivity contribution in [3.8, 4) is 6.07 Å². The molecule has 0 spiro atoms. The topological polar surface area (TPSA) is 138 Å².